The van der Waals surface area contributed by atoms with Crippen LogP contribution in [0.4, 0.5) is 5.69 Å². The van der Waals surface area contributed by atoms with Gasteiger partial charge in [-0.15, -0.1) is 0 Å². The molecule has 0 aromatic heterocycles. The lowest BCUT2D eigenvalue weighted by Gasteiger charge is -2.15. The first-order valence-corrected chi connectivity index (χ1v) is 8.73. The summed E-state index contributed by atoms with van der Waals surface area (Å²) in [4.78, 5) is 24.1. The number of nitrogens with one attached hydrogen (secondary N) is 1. The van der Waals surface area contributed by atoms with Gasteiger partial charge in [0.15, 0.2) is 6.10 Å². The van der Waals surface area contributed by atoms with Crippen LogP contribution in [-0.4, -0.2) is 24.6 Å². The highest BCUT2D eigenvalue weighted by molar-refractivity contribution is 6.30. The van der Waals surface area contributed by atoms with Crippen LogP contribution in [0.15, 0.2) is 48.5 Å². The molecule has 1 N–H and O–H groups in total. The number of hydrogen-bond acceptors (Lipinski definition) is 4. The molecule has 138 valence electrons. The summed E-state index contributed by atoms with van der Waals surface area (Å²) in [6.45, 7) is 5.92. The number of benzene rings is 2. The summed E-state index contributed by atoms with van der Waals surface area (Å²) in [6.07, 6.45) is -0.720. The molecule has 0 fully saturated rings. The Morgan fingerprint density at radius 1 is 1.00 bits per heavy atom. The maximum absolute atomic E-state index is 12.2. The van der Waals surface area contributed by atoms with Gasteiger partial charge in [0.05, 0.1) is 6.61 Å². The Morgan fingerprint density at radius 3 is 2.19 bits per heavy atom. The van der Waals surface area contributed by atoms with Gasteiger partial charge < -0.3 is 14.8 Å². The minimum atomic E-state index is -0.720. The summed E-state index contributed by atoms with van der Waals surface area (Å²) in [5.41, 5.74) is 1.13. The van der Waals surface area contributed by atoms with Gasteiger partial charge in [-0.3, -0.25) is 4.79 Å². The highest BCUT2D eigenvalue weighted by Crippen LogP contribution is 2.17. The summed E-state index contributed by atoms with van der Waals surface area (Å²) >= 11 is 5.82. The second-order valence-corrected chi connectivity index (χ2v) is 6.71. The Labute approximate surface area is 158 Å². The quantitative estimate of drug-likeness (QED) is 0.720. The average molecular weight is 376 g/mol. The van der Waals surface area contributed by atoms with Crippen molar-refractivity contribution in [3.63, 3.8) is 0 Å². The number of rotatable bonds is 7. The van der Waals surface area contributed by atoms with E-state index in [9.17, 15) is 9.59 Å². The van der Waals surface area contributed by atoms with Gasteiger partial charge in [0.2, 0.25) is 0 Å². The fourth-order valence-corrected chi connectivity index (χ4v) is 2.17. The molecule has 0 heterocycles. The van der Waals surface area contributed by atoms with Crippen molar-refractivity contribution in [1.82, 2.24) is 0 Å². The second kappa shape index (κ2) is 9.25. The first-order chi connectivity index (χ1) is 12.3. The molecule has 1 unspecified atom stereocenters. The van der Waals surface area contributed by atoms with Crippen molar-refractivity contribution < 1.29 is 19.1 Å². The van der Waals surface area contributed by atoms with Crippen molar-refractivity contribution in [2.75, 3.05) is 11.9 Å². The number of amides is 1. The van der Waals surface area contributed by atoms with Crippen molar-refractivity contribution in [1.29, 1.82) is 0 Å². The molecule has 0 radical (unpaired) electrons. The van der Waals surface area contributed by atoms with Crippen molar-refractivity contribution in [2.24, 2.45) is 5.92 Å². The maximum atomic E-state index is 12.2. The smallest absolute Gasteiger partial charge is 0.347 e. The van der Waals surface area contributed by atoms with Gasteiger partial charge in [0.1, 0.15) is 5.75 Å². The van der Waals surface area contributed by atoms with Gasteiger partial charge in [-0.05, 0) is 61.4 Å². The Balaban J connectivity index is 1.91. The van der Waals surface area contributed by atoms with Gasteiger partial charge >= 0.3 is 5.97 Å². The van der Waals surface area contributed by atoms with Gasteiger partial charge in [0, 0.05) is 16.3 Å². The molecule has 6 heteroatoms. The maximum Gasteiger partial charge on any atom is 0.347 e. The molecule has 0 saturated carbocycles. The van der Waals surface area contributed by atoms with Crippen LogP contribution in [0.3, 0.4) is 0 Å². The molecule has 0 aliphatic heterocycles. The molecule has 26 heavy (non-hydrogen) atoms. The van der Waals surface area contributed by atoms with Gasteiger partial charge in [-0.1, -0.05) is 25.4 Å². The van der Waals surface area contributed by atoms with Gasteiger partial charge in [-0.25, -0.2) is 4.79 Å². The van der Waals surface area contributed by atoms with Gasteiger partial charge in [-0.2, -0.15) is 0 Å². The Bertz CT molecular complexity index is 741. The average Bonchev–Trinajstić information content (AvgIpc) is 2.62. The van der Waals surface area contributed by atoms with Crippen molar-refractivity contribution in [2.45, 2.75) is 26.9 Å². The fourth-order valence-electron chi connectivity index (χ4n) is 2.04. The molecule has 0 bridgehead atoms. The lowest BCUT2D eigenvalue weighted by Crippen LogP contribution is -2.27. The van der Waals surface area contributed by atoms with Crippen LogP contribution in [-0.2, 0) is 9.53 Å². The van der Waals surface area contributed by atoms with Gasteiger partial charge in [0.25, 0.3) is 5.91 Å². The molecule has 0 saturated heterocycles. The van der Waals surface area contributed by atoms with Crippen molar-refractivity contribution in [3.8, 4) is 5.75 Å². The topological polar surface area (TPSA) is 64.6 Å². The number of halogens is 1. The zero-order valence-electron chi connectivity index (χ0n) is 15.0. The molecule has 5 nitrogen and oxygen atoms in total. The SMILES string of the molecule is CC(C)COC(=O)C(C)Oc1ccc(C(=O)Nc2ccc(Cl)cc2)cc1. The molecule has 0 aliphatic carbocycles. The third kappa shape index (κ3) is 6.08. The minimum absolute atomic E-state index is 0.247. The van der Waals surface area contributed by atoms with E-state index in [-0.39, 0.29) is 11.8 Å². The summed E-state index contributed by atoms with van der Waals surface area (Å²) in [7, 11) is 0. The molecule has 2 rings (SSSR count). The molecule has 2 aromatic rings. The zero-order chi connectivity index (χ0) is 19.1. The standard InChI is InChI=1S/C20H22ClNO4/c1-13(2)12-25-20(24)14(3)26-18-10-4-15(5-11-18)19(23)22-17-8-6-16(21)7-9-17/h4-11,13-14H,12H2,1-3H3,(H,22,23). The lowest BCUT2D eigenvalue weighted by atomic mass is 10.2. The summed E-state index contributed by atoms with van der Waals surface area (Å²) in [5.74, 6) is 0.0955. The van der Waals surface area contributed by atoms with E-state index in [0.717, 1.165) is 0 Å². The third-order valence-corrected chi connectivity index (χ3v) is 3.67. The number of carbonyl (C=O) groups excluding carboxylic acids is 2. The Morgan fingerprint density at radius 2 is 1.62 bits per heavy atom. The van der Waals surface area contributed by atoms with Crippen LogP contribution in [0.5, 0.6) is 5.75 Å². The van der Waals surface area contributed by atoms with E-state index in [1.54, 1.807) is 55.5 Å². The van der Waals surface area contributed by atoms with Crippen molar-refractivity contribution >= 4 is 29.2 Å². The number of ether oxygens (including phenoxy) is 2. The number of carbonyl (C=O) groups is 2. The van der Waals surface area contributed by atoms with E-state index in [1.165, 1.54) is 0 Å². The largest absolute Gasteiger partial charge is 0.479 e. The highest BCUT2D eigenvalue weighted by atomic mass is 35.5. The summed E-state index contributed by atoms with van der Waals surface area (Å²) < 4.78 is 10.7. The van der Waals surface area contributed by atoms with E-state index >= 15 is 0 Å². The summed E-state index contributed by atoms with van der Waals surface area (Å²) in [6, 6.07) is 13.4. The summed E-state index contributed by atoms with van der Waals surface area (Å²) in [5, 5.41) is 3.38. The lowest BCUT2D eigenvalue weighted by molar-refractivity contribution is -0.152. The van der Waals surface area contributed by atoms with Crippen LogP contribution < -0.4 is 10.1 Å². The molecule has 0 spiro atoms. The Kier molecular flexibility index (Phi) is 7.04. The zero-order valence-corrected chi connectivity index (χ0v) is 15.7. The molecular weight excluding hydrogens is 354 g/mol. The number of hydrogen-bond donors (Lipinski definition) is 1. The number of esters is 1. The van der Waals surface area contributed by atoms with Crippen LogP contribution in [0.2, 0.25) is 5.02 Å². The second-order valence-electron chi connectivity index (χ2n) is 6.27. The predicted octanol–water partition coefficient (Wildman–Crippen LogP) is 4.56. The first-order valence-electron chi connectivity index (χ1n) is 8.35. The van der Waals surface area contributed by atoms with Crippen LogP contribution in [0.1, 0.15) is 31.1 Å². The van der Waals surface area contributed by atoms with Crippen molar-refractivity contribution in [3.05, 3.63) is 59.1 Å². The first kappa shape index (κ1) is 19.8. The molecular formula is C20H22ClNO4. The van der Waals surface area contributed by atoms with Crippen LogP contribution >= 0.6 is 11.6 Å². The molecule has 0 aliphatic rings. The molecule has 1 amide bonds. The normalized spacial score (nSPS) is 11.7. The number of anilines is 1. The Hall–Kier alpha value is -2.53. The van der Waals surface area contributed by atoms with Crippen LogP contribution in [0.25, 0.3) is 0 Å². The molecule has 1 atom stereocenters. The van der Waals surface area contributed by atoms with Crippen LogP contribution in [0, 0.1) is 5.92 Å². The third-order valence-electron chi connectivity index (χ3n) is 3.42. The van der Waals surface area contributed by atoms with E-state index in [4.69, 9.17) is 21.1 Å². The highest BCUT2D eigenvalue weighted by Gasteiger charge is 2.17. The van der Waals surface area contributed by atoms with E-state index in [2.05, 4.69) is 5.32 Å². The fraction of sp³-hybridized carbons (Fsp3) is 0.300. The monoisotopic (exact) mass is 375 g/mol. The van der Waals surface area contributed by atoms with E-state index in [0.29, 0.717) is 28.6 Å². The van der Waals surface area contributed by atoms with E-state index < -0.39 is 12.1 Å². The minimum Gasteiger partial charge on any atom is -0.479 e. The van der Waals surface area contributed by atoms with E-state index in [1.807, 2.05) is 13.8 Å². The molecule has 2 aromatic carbocycles. The predicted molar refractivity (Wildman–Crippen MR) is 102 cm³/mol.